The van der Waals surface area contributed by atoms with Gasteiger partial charge in [0.1, 0.15) is 12.1 Å². The molecule has 1 aliphatic carbocycles. The van der Waals surface area contributed by atoms with Gasteiger partial charge < -0.3 is 15.7 Å². The van der Waals surface area contributed by atoms with Crippen molar-refractivity contribution in [3.8, 4) is 0 Å². The molecule has 3 N–H and O–H groups in total. The molecule has 0 spiro atoms. The van der Waals surface area contributed by atoms with Gasteiger partial charge in [0.2, 0.25) is 11.8 Å². The molecule has 0 bridgehead atoms. The molecule has 0 radical (unpaired) electrons. The number of hydrogen-bond donors (Lipinski definition) is 3. The smallest absolute Gasteiger partial charge is 0.326 e. The summed E-state index contributed by atoms with van der Waals surface area (Å²) in [5.41, 5.74) is 0.876. The van der Waals surface area contributed by atoms with Gasteiger partial charge in [-0.1, -0.05) is 68.8 Å². The first-order valence-corrected chi connectivity index (χ1v) is 12.7. The summed E-state index contributed by atoms with van der Waals surface area (Å²) < 4.78 is 0. The van der Waals surface area contributed by atoms with Crippen molar-refractivity contribution in [3.63, 3.8) is 0 Å². The van der Waals surface area contributed by atoms with E-state index in [2.05, 4.69) is 10.6 Å². The van der Waals surface area contributed by atoms with Crippen LogP contribution in [0.3, 0.4) is 0 Å². The molecule has 2 amide bonds. The molecular weight excluding hydrogens is 440 g/mol. The highest BCUT2D eigenvalue weighted by Crippen LogP contribution is 2.33. The summed E-state index contributed by atoms with van der Waals surface area (Å²) in [6.07, 6.45) is 4.13. The second kappa shape index (κ2) is 13.4. The maximum absolute atomic E-state index is 13.3. The summed E-state index contributed by atoms with van der Waals surface area (Å²) in [6.45, 7) is 5.32. The molecule has 182 valence electrons. The molecule has 2 rings (SSSR count). The standard InChI is InChI=1S/C25H36N2O5S/c1-16(2)13-22(25(31)32)27-24(30)21(14-18-9-5-4-6-10-18)26-23(29)20-12-8-7-11-19(20)15-33-17(3)28/h4-6,9-10,16,19-22H,7-8,11-15H2,1-3H3,(H,26,29)(H,27,30)(H,31,32)/t19?,20?,21-,22-/m0/s1. The number of benzene rings is 1. The van der Waals surface area contributed by atoms with Gasteiger partial charge in [-0.25, -0.2) is 4.79 Å². The molecule has 1 saturated carbocycles. The lowest BCUT2D eigenvalue weighted by molar-refractivity contribution is -0.142. The molecule has 2 unspecified atom stereocenters. The van der Waals surface area contributed by atoms with Crippen molar-refractivity contribution in [1.29, 1.82) is 0 Å². The first-order valence-electron chi connectivity index (χ1n) is 11.7. The summed E-state index contributed by atoms with van der Waals surface area (Å²) in [4.78, 5) is 49.5. The number of carboxylic acids is 1. The van der Waals surface area contributed by atoms with E-state index >= 15 is 0 Å². The fraction of sp³-hybridized carbons (Fsp3) is 0.600. The minimum Gasteiger partial charge on any atom is -0.480 e. The van der Waals surface area contributed by atoms with Crippen molar-refractivity contribution in [2.45, 2.75) is 71.4 Å². The van der Waals surface area contributed by atoms with Gasteiger partial charge in [0.15, 0.2) is 5.12 Å². The van der Waals surface area contributed by atoms with Crippen molar-refractivity contribution in [3.05, 3.63) is 35.9 Å². The first kappa shape index (κ1) is 26.9. The van der Waals surface area contributed by atoms with Crippen molar-refractivity contribution >= 4 is 34.7 Å². The Morgan fingerprint density at radius 3 is 2.30 bits per heavy atom. The van der Waals surface area contributed by atoms with E-state index in [1.54, 1.807) is 0 Å². The maximum atomic E-state index is 13.3. The molecular formula is C25H36N2O5S. The average Bonchev–Trinajstić information content (AvgIpc) is 2.77. The summed E-state index contributed by atoms with van der Waals surface area (Å²) in [5.74, 6) is -1.27. The Hall–Kier alpha value is -2.35. The lowest BCUT2D eigenvalue weighted by Crippen LogP contribution is -2.54. The fourth-order valence-corrected chi connectivity index (χ4v) is 5.13. The number of carboxylic acid groups (broad SMARTS) is 1. The minimum absolute atomic E-state index is 0.0333. The van der Waals surface area contributed by atoms with Crippen LogP contribution in [0.25, 0.3) is 0 Å². The quantitative estimate of drug-likeness (QED) is 0.451. The SMILES string of the molecule is CC(=O)SCC1CCCCC1C(=O)N[C@@H](Cc1ccccc1)C(=O)N[C@@H](CC(C)C)C(=O)O. The van der Waals surface area contributed by atoms with Crippen molar-refractivity contribution in [2.24, 2.45) is 17.8 Å². The number of hydrogen-bond acceptors (Lipinski definition) is 5. The van der Waals surface area contributed by atoms with Gasteiger partial charge in [0.25, 0.3) is 0 Å². The van der Waals surface area contributed by atoms with Gasteiger partial charge in [0.05, 0.1) is 0 Å². The molecule has 1 aliphatic rings. The molecule has 0 aromatic heterocycles. The third-order valence-corrected chi connectivity index (χ3v) is 6.99. The molecule has 8 heteroatoms. The molecule has 0 saturated heterocycles. The topological polar surface area (TPSA) is 113 Å². The lowest BCUT2D eigenvalue weighted by Gasteiger charge is -2.31. The van der Waals surface area contributed by atoms with E-state index < -0.39 is 24.0 Å². The third kappa shape index (κ3) is 9.20. The van der Waals surface area contributed by atoms with Crippen molar-refractivity contribution < 1.29 is 24.3 Å². The number of carbonyl (C=O) groups excluding carboxylic acids is 3. The summed E-state index contributed by atoms with van der Waals surface area (Å²) in [6, 6.07) is 7.46. The summed E-state index contributed by atoms with van der Waals surface area (Å²) in [7, 11) is 0. The summed E-state index contributed by atoms with van der Waals surface area (Å²) in [5, 5.41) is 15.1. The van der Waals surface area contributed by atoms with Crippen LogP contribution in [0.5, 0.6) is 0 Å². The number of carbonyl (C=O) groups is 4. The van der Waals surface area contributed by atoms with Crippen LogP contribution in [-0.4, -0.2) is 45.8 Å². The molecule has 0 heterocycles. The van der Waals surface area contributed by atoms with Gasteiger partial charge >= 0.3 is 5.97 Å². The Labute approximate surface area is 200 Å². The molecule has 1 aromatic rings. The zero-order valence-corrected chi connectivity index (χ0v) is 20.5. The zero-order chi connectivity index (χ0) is 24.4. The third-order valence-electron chi connectivity index (χ3n) is 5.98. The average molecular weight is 477 g/mol. The Morgan fingerprint density at radius 2 is 1.70 bits per heavy atom. The lowest BCUT2D eigenvalue weighted by atomic mass is 9.79. The van der Waals surface area contributed by atoms with Crippen LogP contribution in [0.2, 0.25) is 0 Å². The number of rotatable bonds is 11. The first-order chi connectivity index (χ1) is 15.7. The molecule has 4 atom stereocenters. The van der Waals surface area contributed by atoms with E-state index in [1.165, 1.54) is 18.7 Å². The second-order valence-corrected chi connectivity index (χ2v) is 10.4. The number of thioether (sulfide) groups is 1. The predicted molar refractivity (Wildman–Crippen MR) is 130 cm³/mol. The van der Waals surface area contributed by atoms with Gasteiger partial charge in [-0.15, -0.1) is 0 Å². The van der Waals surface area contributed by atoms with Crippen LogP contribution in [-0.2, 0) is 25.6 Å². The van der Waals surface area contributed by atoms with Crippen LogP contribution < -0.4 is 10.6 Å². The van der Waals surface area contributed by atoms with Crippen LogP contribution in [0.15, 0.2) is 30.3 Å². The number of nitrogens with one attached hydrogen (secondary N) is 2. The van der Waals surface area contributed by atoms with Crippen molar-refractivity contribution in [1.82, 2.24) is 10.6 Å². The van der Waals surface area contributed by atoms with E-state index in [-0.39, 0.29) is 35.2 Å². The summed E-state index contributed by atoms with van der Waals surface area (Å²) >= 11 is 1.24. The molecule has 0 aliphatic heterocycles. The van der Waals surface area contributed by atoms with E-state index in [1.807, 2.05) is 44.2 Å². The Balaban J connectivity index is 2.16. The Bertz CT molecular complexity index is 814. The molecule has 7 nitrogen and oxygen atoms in total. The highest BCUT2D eigenvalue weighted by atomic mass is 32.2. The normalized spacial score (nSPS) is 20.0. The highest BCUT2D eigenvalue weighted by molar-refractivity contribution is 8.13. The van der Waals surface area contributed by atoms with Crippen molar-refractivity contribution in [2.75, 3.05) is 5.75 Å². The molecule has 1 fully saturated rings. The van der Waals surface area contributed by atoms with Crippen LogP contribution in [0.4, 0.5) is 0 Å². The minimum atomic E-state index is -1.09. The maximum Gasteiger partial charge on any atom is 0.326 e. The van der Waals surface area contributed by atoms with E-state index in [4.69, 9.17) is 0 Å². The largest absolute Gasteiger partial charge is 0.480 e. The molecule has 1 aromatic carbocycles. The van der Waals surface area contributed by atoms with Gasteiger partial charge in [-0.3, -0.25) is 14.4 Å². The van der Waals surface area contributed by atoms with Gasteiger partial charge in [-0.05, 0) is 36.7 Å². The van der Waals surface area contributed by atoms with Crippen LogP contribution >= 0.6 is 11.8 Å². The second-order valence-electron chi connectivity index (χ2n) is 9.23. The number of amides is 2. The Morgan fingerprint density at radius 1 is 1.03 bits per heavy atom. The molecule has 33 heavy (non-hydrogen) atoms. The van der Waals surface area contributed by atoms with Crippen LogP contribution in [0.1, 0.15) is 58.4 Å². The number of aliphatic carboxylic acids is 1. The Kier molecular flexibility index (Phi) is 10.9. The van der Waals surface area contributed by atoms with E-state index in [0.717, 1.165) is 31.2 Å². The fourth-order valence-electron chi connectivity index (χ4n) is 4.28. The van der Waals surface area contributed by atoms with Crippen LogP contribution in [0, 0.1) is 17.8 Å². The highest BCUT2D eigenvalue weighted by Gasteiger charge is 2.34. The van der Waals surface area contributed by atoms with Gasteiger partial charge in [0, 0.05) is 25.0 Å². The van der Waals surface area contributed by atoms with E-state index in [9.17, 15) is 24.3 Å². The van der Waals surface area contributed by atoms with Gasteiger partial charge in [-0.2, -0.15) is 0 Å². The predicted octanol–water partition coefficient (Wildman–Crippen LogP) is 3.42. The zero-order valence-electron chi connectivity index (χ0n) is 19.7. The van der Waals surface area contributed by atoms with E-state index in [0.29, 0.717) is 12.2 Å². The monoisotopic (exact) mass is 476 g/mol.